The fourth-order valence-electron chi connectivity index (χ4n) is 2.05. The Labute approximate surface area is 177 Å². The van der Waals surface area contributed by atoms with E-state index in [1.165, 1.54) is 12.1 Å². The van der Waals surface area contributed by atoms with Crippen molar-refractivity contribution in [2.24, 2.45) is 4.99 Å². The lowest BCUT2D eigenvalue weighted by molar-refractivity contribution is 0.625. The molecule has 25 heavy (non-hydrogen) atoms. The minimum absolute atomic E-state index is 0. The van der Waals surface area contributed by atoms with Crippen LogP contribution in [-0.4, -0.2) is 24.0 Å². The fraction of sp³-hybridized carbons (Fsp3) is 0.294. The summed E-state index contributed by atoms with van der Waals surface area (Å²) < 4.78 is 14.2. The molecule has 136 valence electrons. The first-order chi connectivity index (χ1) is 11.6. The molecule has 0 atom stereocenters. The summed E-state index contributed by atoms with van der Waals surface area (Å²) in [5, 5.41) is 6.92. The van der Waals surface area contributed by atoms with Crippen molar-refractivity contribution in [2.45, 2.75) is 19.9 Å². The smallest absolute Gasteiger partial charge is 0.191 e. The summed E-state index contributed by atoms with van der Waals surface area (Å²) in [6.45, 7) is 3.84. The zero-order valence-corrected chi connectivity index (χ0v) is 18.4. The Kier molecular flexibility index (Phi) is 10.3. The van der Waals surface area contributed by atoms with Crippen molar-refractivity contribution in [1.29, 1.82) is 0 Å². The molecule has 1 aromatic carbocycles. The summed E-state index contributed by atoms with van der Waals surface area (Å²) in [6.07, 6.45) is 2.57. The summed E-state index contributed by atoms with van der Waals surface area (Å²) in [5.74, 6) is 0.423. The molecule has 0 bridgehead atoms. The van der Waals surface area contributed by atoms with E-state index in [-0.39, 0.29) is 29.8 Å². The number of hydrogen-bond donors (Lipinski definition) is 2. The lowest BCUT2D eigenvalue weighted by Gasteiger charge is -2.11. The van der Waals surface area contributed by atoms with Crippen molar-refractivity contribution in [3.8, 4) is 0 Å². The number of aliphatic imine (C=N–C) groups is 1. The summed E-state index contributed by atoms with van der Waals surface area (Å²) in [7, 11) is 0. The number of nitrogens with zero attached hydrogens (tertiary/aromatic N) is 2. The number of pyridine rings is 1. The van der Waals surface area contributed by atoms with Crippen LogP contribution in [0.15, 0.2) is 46.0 Å². The van der Waals surface area contributed by atoms with Crippen molar-refractivity contribution in [3.63, 3.8) is 0 Å². The molecule has 1 heterocycles. The normalized spacial score (nSPS) is 11.0. The zero-order valence-electron chi connectivity index (χ0n) is 13.7. The van der Waals surface area contributed by atoms with E-state index in [2.05, 4.69) is 36.5 Å². The molecule has 4 nitrogen and oxygen atoms in total. The Hall–Kier alpha value is -0.930. The van der Waals surface area contributed by atoms with Crippen LogP contribution in [0, 0.1) is 5.82 Å². The van der Waals surface area contributed by atoms with Gasteiger partial charge in [0.1, 0.15) is 11.0 Å². The number of guanidine groups is 1. The average Bonchev–Trinajstić information content (AvgIpc) is 2.57. The van der Waals surface area contributed by atoms with E-state index in [1.807, 2.05) is 13.0 Å². The van der Waals surface area contributed by atoms with Crippen LogP contribution in [0.2, 0.25) is 5.15 Å². The van der Waals surface area contributed by atoms with E-state index in [0.29, 0.717) is 24.2 Å². The van der Waals surface area contributed by atoms with Gasteiger partial charge < -0.3 is 10.6 Å². The molecule has 0 amide bonds. The monoisotopic (exact) mass is 540 g/mol. The first-order valence-electron chi connectivity index (χ1n) is 7.65. The number of rotatable bonds is 6. The lowest BCUT2D eigenvalue weighted by atomic mass is 10.2. The second kappa shape index (κ2) is 11.6. The molecule has 0 saturated carbocycles. The predicted molar refractivity (Wildman–Crippen MR) is 115 cm³/mol. The van der Waals surface area contributed by atoms with E-state index in [9.17, 15) is 4.39 Å². The van der Waals surface area contributed by atoms with Gasteiger partial charge in [0.15, 0.2) is 5.96 Å². The standard InChI is InChI=1S/C17H19BrClFN4.HI/c1-2-21-17(22-8-7-12-3-6-16(19)23-10-12)24-11-13-9-14(20)4-5-15(13)18;/h3-6,9-10H,2,7-8,11H2,1H3,(H2,21,22,24);1H. The maximum Gasteiger partial charge on any atom is 0.191 e. The molecule has 8 heteroatoms. The van der Waals surface area contributed by atoms with Crippen LogP contribution in [0.4, 0.5) is 4.39 Å². The highest BCUT2D eigenvalue weighted by atomic mass is 127. The van der Waals surface area contributed by atoms with Gasteiger partial charge in [-0.05, 0) is 48.7 Å². The van der Waals surface area contributed by atoms with E-state index >= 15 is 0 Å². The third kappa shape index (κ3) is 7.87. The molecule has 2 aromatic rings. The molecule has 0 aliphatic rings. The van der Waals surface area contributed by atoms with Crippen LogP contribution in [0.3, 0.4) is 0 Å². The predicted octanol–water partition coefficient (Wildman–Crippen LogP) is 4.55. The summed E-state index contributed by atoms with van der Waals surface area (Å²) in [6, 6.07) is 8.31. The molecular weight excluding hydrogens is 521 g/mol. The maximum absolute atomic E-state index is 13.3. The number of hydrogen-bond acceptors (Lipinski definition) is 2. The van der Waals surface area contributed by atoms with Gasteiger partial charge in [-0.25, -0.2) is 14.4 Å². The minimum Gasteiger partial charge on any atom is -0.357 e. The van der Waals surface area contributed by atoms with Gasteiger partial charge in [0.05, 0.1) is 6.54 Å². The van der Waals surface area contributed by atoms with Crippen molar-refractivity contribution in [2.75, 3.05) is 13.1 Å². The van der Waals surface area contributed by atoms with Crippen LogP contribution in [-0.2, 0) is 13.0 Å². The molecule has 2 rings (SSSR count). The van der Waals surface area contributed by atoms with Gasteiger partial charge in [-0.2, -0.15) is 0 Å². The molecule has 0 saturated heterocycles. The summed E-state index contributed by atoms with van der Waals surface area (Å²) in [4.78, 5) is 8.55. The van der Waals surface area contributed by atoms with Gasteiger partial charge in [0.25, 0.3) is 0 Å². The molecular formula is C17H20BrClFIN4. The van der Waals surface area contributed by atoms with Gasteiger partial charge >= 0.3 is 0 Å². The first-order valence-corrected chi connectivity index (χ1v) is 8.82. The average molecular weight is 542 g/mol. The first kappa shape index (κ1) is 22.1. The van der Waals surface area contributed by atoms with E-state index in [1.54, 1.807) is 18.3 Å². The molecule has 0 fully saturated rings. The van der Waals surface area contributed by atoms with Crippen LogP contribution >= 0.6 is 51.5 Å². The molecule has 0 aliphatic carbocycles. The fourth-order valence-corrected chi connectivity index (χ4v) is 2.53. The zero-order chi connectivity index (χ0) is 17.4. The SMILES string of the molecule is CCNC(=NCc1cc(F)ccc1Br)NCCc1ccc(Cl)nc1.I. The quantitative estimate of drug-likeness (QED) is 0.244. The maximum atomic E-state index is 13.3. The van der Waals surface area contributed by atoms with Crippen molar-refractivity contribution < 1.29 is 4.39 Å². The van der Waals surface area contributed by atoms with Gasteiger partial charge in [-0.3, -0.25) is 0 Å². The minimum atomic E-state index is -0.267. The Balaban J connectivity index is 0.00000312. The van der Waals surface area contributed by atoms with E-state index in [4.69, 9.17) is 11.6 Å². The Morgan fingerprint density at radius 3 is 2.76 bits per heavy atom. The molecule has 0 unspecified atom stereocenters. The molecule has 1 aromatic heterocycles. The topological polar surface area (TPSA) is 49.3 Å². The number of aromatic nitrogens is 1. The van der Waals surface area contributed by atoms with E-state index < -0.39 is 0 Å². The Bertz CT molecular complexity index is 698. The second-order valence-corrected chi connectivity index (χ2v) is 6.34. The third-order valence-electron chi connectivity index (χ3n) is 3.25. The van der Waals surface area contributed by atoms with Crippen LogP contribution < -0.4 is 10.6 Å². The molecule has 0 spiro atoms. The highest BCUT2D eigenvalue weighted by molar-refractivity contribution is 14.0. The largest absolute Gasteiger partial charge is 0.357 e. The van der Waals surface area contributed by atoms with Gasteiger partial charge in [0.2, 0.25) is 0 Å². The van der Waals surface area contributed by atoms with Crippen molar-refractivity contribution >= 4 is 57.5 Å². The molecule has 0 aliphatic heterocycles. The lowest BCUT2D eigenvalue weighted by Crippen LogP contribution is -2.38. The Morgan fingerprint density at radius 1 is 1.28 bits per heavy atom. The van der Waals surface area contributed by atoms with Gasteiger partial charge in [-0.1, -0.05) is 33.6 Å². The number of nitrogens with one attached hydrogen (secondary N) is 2. The number of benzene rings is 1. The summed E-state index contributed by atoms with van der Waals surface area (Å²) >= 11 is 9.19. The molecule has 0 radical (unpaired) electrons. The molecule has 2 N–H and O–H groups in total. The summed E-state index contributed by atoms with van der Waals surface area (Å²) in [5.41, 5.74) is 1.89. The highest BCUT2D eigenvalue weighted by Gasteiger charge is 2.03. The van der Waals surface area contributed by atoms with Crippen LogP contribution in [0.25, 0.3) is 0 Å². The Morgan fingerprint density at radius 2 is 2.08 bits per heavy atom. The van der Waals surface area contributed by atoms with Crippen molar-refractivity contribution in [3.05, 3.63) is 63.1 Å². The van der Waals surface area contributed by atoms with Crippen molar-refractivity contribution in [1.82, 2.24) is 15.6 Å². The number of halogens is 4. The second-order valence-electron chi connectivity index (χ2n) is 5.10. The van der Waals surface area contributed by atoms with E-state index in [0.717, 1.165) is 28.6 Å². The highest BCUT2D eigenvalue weighted by Crippen LogP contribution is 2.18. The van der Waals surface area contributed by atoms with Gasteiger partial charge in [-0.15, -0.1) is 24.0 Å². The van der Waals surface area contributed by atoms with Gasteiger partial charge in [0, 0.05) is 23.8 Å². The van der Waals surface area contributed by atoms with Crippen LogP contribution in [0.1, 0.15) is 18.1 Å². The van der Waals surface area contributed by atoms with Crippen LogP contribution in [0.5, 0.6) is 0 Å². The third-order valence-corrected chi connectivity index (χ3v) is 4.25.